The van der Waals surface area contributed by atoms with Crippen LogP contribution in [-0.2, 0) is 0 Å². The van der Waals surface area contributed by atoms with Gasteiger partial charge in [-0.2, -0.15) is 4.39 Å². The minimum Gasteiger partial charge on any atom is -0.322 e. The molecular formula is C14H10BrFN2O3. The lowest BCUT2D eigenvalue weighted by atomic mass is 10.1. The van der Waals surface area contributed by atoms with Crippen LogP contribution in [0.25, 0.3) is 0 Å². The number of carbonyl (C=O) groups is 1. The van der Waals surface area contributed by atoms with Crippen molar-refractivity contribution in [2.75, 3.05) is 5.32 Å². The van der Waals surface area contributed by atoms with Crippen LogP contribution < -0.4 is 5.32 Å². The minimum absolute atomic E-state index is 0.154. The summed E-state index contributed by atoms with van der Waals surface area (Å²) in [6.45, 7) is 1.84. The van der Waals surface area contributed by atoms with Gasteiger partial charge in [0.1, 0.15) is 0 Å². The largest absolute Gasteiger partial charge is 0.322 e. The third kappa shape index (κ3) is 3.25. The fourth-order valence-corrected chi connectivity index (χ4v) is 2.20. The van der Waals surface area contributed by atoms with Gasteiger partial charge in [-0.1, -0.05) is 12.1 Å². The smallest absolute Gasteiger partial charge is 0.306 e. The molecule has 0 unspecified atom stereocenters. The number of amides is 1. The summed E-state index contributed by atoms with van der Waals surface area (Å²) < 4.78 is 13.9. The Balaban J connectivity index is 2.30. The number of nitrogens with zero attached hydrogens (tertiary/aromatic N) is 1. The molecule has 0 aromatic heterocycles. The summed E-state index contributed by atoms with van der Waals surface area (Å²) in [5, 5.41) is 13.2. The summed E-state index contributed by atoms with van der Waals surface area (Å²) in [6.07, 6.45) is 0. The van der Waals surface area contributed by atoms with E-state index >= 15 is 0 Å². The molecule has 0 radical (unpaired) electrons. The number of carbonyl (C=O) groups excluding carboxylic acids is 1. The van der Waals surface area contributed by atoms with Crippen LogP contribution in [-0.4, -0.2) is 10.8 Å². The highest BCUT2D eigenvalue weighted by Crippen LogP contribution is 2.24. The molecular weight excluding hydrogens is 343 g/mol. The maximum atomic E-state index is 13.2. The zero-order valence-electron chi connectivity index (χ0n) is 10.9. The Morgan fingerprint density at radius 3 is 2.71 bits per heavy atom. The van der Waals surface area contributed by atoms with Gasteiger partial charge in [0.2, 0.25) is 5.82 Å². The van der Waals surface area contributed by atoms with Crippen molar-refractivity contribution in [2.24, 2.45) is 0 Å². The van der Waals surface area contributed by atoms with Crippen LogP contribution in [0.1, 0.15) is 15.9 Å². The summed E-state index contributed by atoms with van der Waals surface area (Å²) in [7, 11) is 0. The van der Waals surface area contributed by atoms with Crippen molar-refractivity contribution in [3.63, 3.8) is 0 Å². The lowest BCUT2D eigenvalue weighted by molar-refractivity contribution is -0.387. The highest BCUT2D eigenvalue weighted by molar-refractivity contribution is 9.10. The Morgan fingerprint density at radius 1 is 1.33 bits per heavy atom. The van der Waals surface area contributed by atoms with Crippen molar-refractivity contribution in [1.29, 1.82) is 0 Å². The third-order valence-corrected chi connectivity index (χ3v) is 3.89. The van der Waals surface area contributed by atoms with Gasteiger partial charge < -0.3 is 5.32 Å². The SMILES string of the molecule is Cc1cccc(C(=O)Nc2ccc(F)c([N+](=O)[O-])c2)c1Br. The first-order chi connectivity index (χ1) is 9.90. The lowest BCUT2D eigenvalue weighted by Crippen LogP contribution is -2.13. The van der Waals surface area contributed by atoms with Crippen LogP contribution in [0.3, 0.4) is 0 Å². The highest BCUT2D eigenvalue weighted by atomic mass is 79.9. The molecule has 21 heavy (non-hydrogen) atoms. The second-order valence-electron chi connectivity index (χ2n) is 4.31. The number of benzene rings is 2. The van der Waals surface area contributed by atoms with Gasteiger partial charge in [-0.15, -0.1) is 0 Å². The third-order valence-electron chi connectivity index (χ3n) is 2.84. The molecule has 0 aliphatic carbocycles. The van der Waals surface area contributed by atoms with E-state index in [4.69, 9.17) is 0 Å². The summed E-state index contributed by atoms with van der Waals surface area (Å²) in [5.41, 5.74) is 0.743. The average Bonchev–Trinajstić information content (AvgIpc) is 2.43. The fraction of sp³-hybridized carbons (Fsp3) is 0.0714. The van der Waals surface area contributed by atoms with Crippen LogP contribution in [0.2, 0.25) is 0 Å². The second kappa shape index (κ2) is 6.01. The molecule has 0 saturated heterocycles. The molecule has 1 N–H and O–H groups in total. The average molecular weight is 353 g/mol. The van der Waals surface area contributed by atoms with E-state index in [9.17, 15) is 19.3 Å². The molecule has 108 valence electrons. The molecule has 5 nitrogen and oxygen atoms in total. The molecule has 1 amide bonds. The van der Waals surface area contributed by atoms with Crippen molar-refractivity contribution in [2.45, 2.75) is 6.92 Å². The molecule has 0 saturated carbocycles. The van der Waals surface area contributed by atoms with E-state index in [1.54, 1.807) is 12.1 Å². The molecule has 0 aliphatic rings. The van der Waals surface area contributed by atoms with Crippen LogP contribution >= 0.6 is 15.9 Å². The van der Waals surface area contributed by atoms with Crippen molar-refractivity contribution in [3.05, 3.63) is 67.9 Å². The predicted molar refractivity (Wildman–Crippen MR) is 79.9 cm³/mol. The zero-order chi connectivity index (χ0) is 15.6. The summed E-state index contributed by atoms with van der Waals surface area (Å²) in [6, 6.07) is 8.37. The van der Waals surface area contributed by atoms with Crippen molar-refractivity contribution in [1.82, 2.24) is 0 Å². The maximum Gasteiger partial charge on any atom is 0.306 e. The molecule has 0 bridgehead atoms. The van der Waals surface area contributed by atoms with E-state index in [0.29, 0.717) is 10.0 Å². The Morgan fingerprint density at radius 2 is 2.05 bits per heavy atom. The van der Waals surface area contributed by atoms with E-state index in [2.05, 4.69) is 21.2 Å². The first-order valence-electron chi connectivity index (χ1n) is 5.90. The number of nitrogens with one attached hydrogen (secondary N) is 1. The van der Waals surface area contributed by atoms with Gasteiger partial charge in [0.05, 0.1) is 10.5 Å². The Bertz CT molecular complexity index is 734. The zero-order valence-corrected chi connectivity index (χ0v) is 12.5. The molecule has 2 aromatic rings. The molecule has 2 rings (SSSR count). The number of rotatable bonds is 3. The van der Waals surface area contributed by atoms with Crippen molar-refractivity contribution < 1.29 is 14.1 Å². The molecule has 7 heteroatoms. The number of halogens is 2. The van der Waals surface area contributed by atoms with E-state index in [1.807, 2.05) is 13.0 Å². The highest BCUT2D eigenvalue weighted by Gasteiger charge is 2.17. The maximum absolute atomic E-state index is 13.2. The fourth-order valence-electron chi connectivity index (χ4n) is 1.75. The summed E-state index contributed by atoms with van der Waals surface area (Å²) in [5.74, 6) is -1.39. The van der Waals surface area contributed by atoms with Gasteiger partial charge in [-0.25, -0.2) is 0 Å². The predicted octanol–water partition coefficient (Wildman–Crippen LogP) is 4.06. The number of hydrogen-bond acceptors (Lipinski definition) is 3. The topological polar surface area (TPSA) is 72.2 Å². The molecule has 0 atom stereocenters. The van der Waals surface area contributed by atoms with Crippen molar-refractivity contribution in [3.8, 4) is 0 Å². The van der Waals surface area contributed by atoms with Crippen molar-refractivity contribution >= 4 is 33.2 Å². The molecule has 0 spiro atoms. The van der Waals surface area contributed by atoms with E-state index in [1.165, 1.54) is 6.07 Å². The normalized spacial score (nSPS) is 10.2. The number of hydrogen-bond donors (Lipinski definition) is 1. The molecule has 2 aromatic carbocycles. The quantitative estimate of drug-likeness (QED) is 0.668. The van der Waals surface area contributed by atoms with Crippen LogP contribution in [0, 0.1) is 22.9 Å². The number of nitro benzene ring substituents is 1. The first-order valence-corrected chi connectivity index (χ1v) is 6.70. The first kappa shape index (κ1) is 15.1. The van der Waals surface area contributed by atoms with Crippen LogP contribution in [0.15, 0.2) is 40.9 Å². The summed E-state index contributed by atoms with van der Waals surface area (Å²) in [4.78, 5) is 22.0. The van der Waals surface area contributed by atoms with Crippen LogP contribution in [0.4, 0.5) is 15.8 Å². The van der Waals surface area contributed by atoms with Gasteiger partial charge in [0.25, 0.3) is 5.91 Å². The van der Waals surface area contributed by atoms with Gasteiger partial charge in [0.15, 0.2) is 0 Å². The number of anilines is 1. The lowest BCUT2D eigenvalue weighted by Gasteiger charge is -2.08. The van der Waals surface area contributed by atoms with Crippen LogP contribution in [0.5, 0.6) is 0 Å². The molecule has 0 aliphatic heterocycles. The van der Waals surface area contributed by atoms with E-state index in [-0.39, 0.29) is 5.69 Å². The summed E-state index contributed by atoms with van der Waals surface area (Å²) >= 11 is 3.31. The number of nitro groups is 1. The standard InChI is InChI=1S/C14H10BrFN2O3/c1-8-3-2-4-10(13(8)15)14(19)17-9-5-6-11(16)12(7-9)18(20)21/h2-7H,1H3,(H,17,19). The van der Waals surface area contributed by atoms with E-state index < -0.39 is 22.3 Å². The molecule has 0 heterocycles. The van der Waals surface area contributed by atoms with E-state index in [0.717, 1.165) is 17.7 Å². The second-order valence-corrected chi connectivity index (χ2v) is 5.11. The number of aryl methyl sites for hydroxylation is 1. The van der Waals surface area contributed by atoms with Gasteiger partial charge >= 0.3 is 5.69 Å². The molecule has 0 fully saturated rings. The monoisotopic (exact) mass is 352 g/mol. The van der Waals surface area contributed by atoms with Gasteiger partial charge in [-0.3, -0.25) is 14.9 Å². The Labute approximate surface area is 128 Å². The Kier molecular flexibility index (Phi) is 4.32. The minimum atomic E-state index is -0.949. The van der Waals surface area contributed by atoms with Gasteiger partial charge in [-0.05, 0) is 46.6 Å². The van der Waals surface area contributed by atoms with Gasteiger partial charge in [0, 0.05) is 16.2 Å². The Hall–Kier alpha value is -2.28.